The number of nitrogens with one attached hydrogen (secondary N) is 2. The first-order chi connectivity index (χ1) is 31.0. The van der Waals surface area contributed by atoms with Gasteiger partial charge in [-0.05, 0) is 84.3 Å². The maximum atomic E-state index is 12.6. The summed E-state index contributed by atoms with van der Waals surface area (Å²) in [5, 5.41) is 20.7. The van der Waals surface area contributed by atoms with Gasteiger partial charge in [-0.1, -0.05) is 145 Å². The molecule has 328 valence electrons. The number of carbonyl (C=O) groups is 2. The molecule has 0 radical (unpaired) electrons. The molecule has 0 spiro atoms. The summed E-state index contributed by atoms with van der Waals surface area (Å²) in [7, 11) is 5.84. The largest absolute Gasteiger partial charge is 0.431 e. The van der Waals surface area contributed by atoms with Crippen LogP contribution in [0.1, 0.15) is 44.5 Å². The van der Waals surface area contributed by atoms with E-state index in [0.717, 1.165) is 46.2 Å². The average molecular weight is 859 g/mol. The van der Waals surface area contributed by atoms with E-state index in [-0.39, 0.29) is 11.8 Å². The Kier molecular flexibility index (Phi) is 28.8. The minimum Gasteiger partial charge on any atom is -0.431 e. The minimum absolute atomic E-state index is 0.157. The van der Waals surface area contributed by atoms with Crippen molar-refractivity contribution in [2.24, 2.45) is 9.98 Å². The van der Waals surface area contributed by atoms with Crippen molar-refractivity contribution in [3.63, 3.8) is 0 Å². The van der Waals surface area contributed by atoms with Crippen LogP contribution in [0.2, 0.25) is 0 Å². The van der Waals surface area contributed by atoms with E-state index in [0.29, 0.717) is 24.3 Å². The highest BCUT2D eigenvalue weighted by Crippen LogP contribution is 2.18. The van der Waals surface area contributed by atoms with Crippen LogP contribution in [0.25, 0.3) is 0 Å². The van der Waals surface area contributed by atoms with Gasteiger partial charge in [0.05, 0.1) is 12.8 Å². The van der Waals surface area contributed by atoms with Gasteiger partial charge in [-0.25, -0.2) is 19.4 Å². The fourth-order valence-corrected chi connectivity index (χ4v) is 5.20. The third kappa shape index (κ3) is 25.9. The van der Waals surface area contributed by atoms with E-state index in [2.05, 4.69) is 75.6 Å². The van der Waals surface area contributed by atoms with Crippen molar-refractivity contribution >= 4 is 29.7 Å². The van der Waals surface area contributed by atoms with Crippen molar-refractivity contribution < 1.29 is 28.7 Å². The lowest BCUT2D eigenvalue weighted by Gasteiger charge is -2.07. The van der Waals surface area contributed by atoms with Crippen LogP contribution in [0.15, 0.2) is 168 Å². The number of carbonyl (C=O) groups excluding carboxylic acids is 4. The molecular weight excluding hydrogens is 805 g/mol. The highest BCUT2D eigenvalue weighted by Gasteiger charge is 2.07. The van der Waals surface area contributed by atoms with Crippen LogP contribution in [0, 0.1) is 36.9 Å². The smallest absolute Gasteiger partial charge is 0.314 e. The van der Waals surface area contributed by atoms with Crippen LogP contribution in [0.3, 0.4) is 0 Å². The third-order valence-corrected chi connectivity index (χ3v) is 8.38. The van der Waals surface area contributed by atoms with Crippen LogP contribution in [0.4, 0.5) is 10.5 Å². The summed E-state index contributed by atoms with van der Waals surface area (Å²) in [4.78, 5) is 48.3. The number of methoxy groups -OCH3 is 1. The summed E-state index contributed by atoms with van der Waals surface area (Å²) in [5.74, 6) is 0.706. The van der Waals surface area contributed by atoms with E-state index in [1.807, 2.05) is 97.1 Å². The molecule has 0 fully saturated rings. The minimum atomic E-state index is -0.157. The lowest BCUT2D eigenvalue weighted by atomic mass is 9.98. The number of aliphatic imine (C=N–C) groups is 2. The Balaban J connectivity index is 0.000000584. The van der Waals surface area contributed by atoms with Gasteiger partial charge in [0.15, 0.2) is 0 Å². The number of rotatable bonds is 10. The number of hydrogen-bond acceptors (Lipinski definition) is 10. The lowest BCUT2D eigenvalue weighted by molar-refractivity contribution is -0.117. The zero-order valence-electron chi connectivity index (χ0n) is 37.1. The van der Waals surface area contributed by atoms with Gasteiger partial charge in [-0.15, -0.1) is 5.26 Å². The molecule has 0 saturated heterocycles. The molecule has 12 nitrogen and oxygen atoms in total. The predicted octanol–water partition coefficient (Wildman–Crippen LogP) is 9.65. The third-order valence-electron chi connectivity index (χ3n) is 8.38. The summed E-state index contributed by atoms with van der Waals surface area (Å²) in [6.45, 7) is 4.17. The van der Waals surface area contributed by atoms with Crippen LogP contribution >= 0.6 is 0 Å². The quantitative estimate of drug-likeness (QED) is 0.0775. The Morgan fingerprint density at radius 3 is 1.16 bits per heavy atom. The molecule has 64 heavy (non-hydrogen) atoms. The van der Waals surface area contributed by atoms with E-state index < -0.39 is 0 Å². The van der Waals surface area contributed by atoms with Gasteiger partial charge in [0.2, 0.25) is 12.2 Å². The normalized spacial score (nSPS) is 8.81. The molecule has 0 aliphatic rings. The number of hydrogen-bond donors (Lipinski definition) is 2. The van der Waals surface area contributed by atoms with Gasteiger partial charge in [0.1, 0.15) is 11.5 Å². The van der Waals surface area contributed by atoms with Crippen LogP contribution in [-0.2, 0) is 44.8 Å². The molecule has 0 unspecified atom stereocenters. The number of nitriles is 2. The van der Waals surface area contributed by atoms with Crippen LogP contribution < -0.4 is 15.4 Å². The number of ether oxygens (including phenoxy) is 2. The number of nitrogens with zero attached hydrogens (tertiary/aromatic N) is 4. The van der Waals surface area contributed by atoms with Crippen molar-refractivity contribution in [1.82, 2.24) is 10.6 Å². The predicted molar refractivity (Wildman–Crippen MR) is 250 cm³/mol. The Morgan fingerprint density at radius 1 is 0.547 bits per heavy atom. The molecule has 0 aromatic heterocycles. The molecule has 6 rings (SSSR count). The first-order valence-electron chi connectivity index (χ1n) is 19.8. The average Bonchev–Trinajstić information content (AvgIpc) is 3.32. The monoisotopic (exact) mass is 858 g/mol. The van der Waals surface area contributed by atoms with Gasteiger partial charge in [0, 0.05) is 34.0 Å². The van der Waals surface area contributed by atoms with E-state index in [4.69, 9.17) is 20.1 Å². The number of isocyanates is 2. The van der Waals surface area contributed by atoms with Crippen LogP contribution in [0.5, 0.6) is 5.75 Å². The van der Waals surface area contributed by atoms with E-state index in [1.54, 1.807) is 50.7 Å². The van der Waals surface area contributed by atoms with Crippen molar-refractivity contribution in [3.8, 4) is 18.3 Å². The van der Waals surface area contributed by atoms with Gasteiger partial charge in [-0.2, -0.15) is 10.3 Å². The molecule has 0 saturated carbocycles. The van der Waals surface area contributed by atoms with Crippen molar-refractivity contribution in [3.05, 3.63) is 202 Å². The second-order valence-electron chi connectivity index (χ2n) is 13.3. The van der Waals surface area contributed by atoms with Gasteiger partial charge in [-0.3, -0.25) is 4.79 Å². The van der Waals surface area contributed by atoms with Crippen LogP contribution in [-0.4, -0.2) is 52.2 Å². The number of urea groups is 1. The molecule has 12 heteroatoms. The molecule has 0 heterocycles. The fraction of sp³-hybridized carbons (Fsp3) is 0.192. The first kappa shape index (κ1) is 53.6. The zero-order valence-corrected chi connectivity index (χ0v) is 37.1. The highest BCUT2D eigenvalue weighted by molar-refractivity contribution is 5.83. The maximum absolute atomic E-state index is 12.6. The van der Waals surface area contributed by atoms with E-state index >= 15 is 0 Å². The highest BCUT2D eigenvalue weighted by atomic mass is 16.5. The second kappa shape index (κ2) is 34.3. The van der Waals surface area contributed by atoms with Crippen molar-refractivity contribution in [1.29, 1.82) is 10.5 Å². The lowest BCUT2D eigenvalue weighted by Crippen LogP contribution is -2.28. The van der Waals surface area contributed by atoms with Gasteiger partial charge < -0.3 is 20.1 Å². The number of amides is 2. The first-order valence-corrected chi connectivity index (χ1v) is 19.8. The fourth-order valence-electron chi connectivity index (χ4n) is 5.20. The standard InChI is InChI=1S/C31H24N2O3.2C7H8.C3H8N2O.2C2H3NO/c32-21-36-31-15-11-26(12-16-31)18-24-3-7-28(8-4-24)20-30(35)19-27-5-1-23(2-6-27)17-25-9-13-29(14-10-25)33-22-34;2*1-7-5-3-2-4-6-7;1-4-3(6)5-2;1-4-2-3;1-3-2-4/h1-16H,17-20H2;2*2-6H,1H3;1-2H3,(H2,4,5,6);2*1H3. The summed E-state index contributed by atoms with van der Waals surface area (Å²) < 4.78 is 8.65. The summed E-state index contributed by atoms with van der Waals surface area (Å²) in [5.41, 5.74) is 9.79. The summed E-state index contributed by atoms with van der Waals surface area (Å²) in [6.07, 6.45) is 8.28. The van der Waals surface area contributed by atoms with E-state index in [9.17, 15) is 14.4 Å². The molecule has 0 bridgehead atoms. The van der Waals surface area contributed by atoms with E-state index in [1.165, 1.54) is 37.6 Å². The molecule has 0 aliphatic heterocycles. The van der Waals surface area contributed by atoms with Crippen molar-refractivity contribution in [2.75, 3.05) is 28.3 Å². The Labute approximate surface area is 376 Å². The number of aryl methyl sites for hydroxylation is 2. The topological polar surface area (TPSA) is 183 Å². The molecule has 2 amide bonds. The molecule has 6 aromatic rings. The molecule has 0 aliphatic carbocycles. The van der Waals surface area contributed by atoms with Crippen molar-refractivity contribution in [2.45, 2.75) is 39.5 Å². The van der Waals surface area contributed by atoms with Gasteiger partial charge >= 0.3 is 6.03 Å². The number of Topliss-reactive ketones (excluding diaryl/α,β-unsaturated/α-hetero) is 1. The molecule has 2 N–H and O–H groups in total. The Bertz CT molecular complexity index is 2340. The SMILES string of the molecule is CN=C=O.CNC(=O)NC.COC#N.Cc1ccccc1.Cc1ccccc1.N#COc1ccc(Cc2ccc(CC(=O)Cc3ccc(Cc4ccc(N=C=O)cc4)cc3)cc2)cc1. The van der Waals surface area contributed by atoms with Gasteiger partial charge in [0.25, 0.3) is 12.5 Å². The second-order valence-corrected chi connectivity index (χ2v) is 13.3. The Hall–Kier alpha value is -8.40. The molecular formula is C52H54N6O6. The summed E-state index contributed by atoms with van der Waals surface area (Å²) in [6, 6.07) is 51.5. The Morgan fingerprint density at radius 2 is 0.891 bits per heavy atom. The molecule has 0 atom stereocenters. The zero-order chi connectivity index (χ0) is 47.2. The molecule has 6 aromatic carbocycles. The number of ketones is 1. The maximum Gasteiger partial charge on any atom is 0.314 e. The number of benzene rings is 6. The summed E-state index contributed by atoms with van der Waals surface area (Å²) >= 11 is 0.